The van der Waals surface area contributed by atoms with Gasteiger partial charge < -0.3 is 14.8 Å². The molecular formula is C18H15ClFNO4. The predicted octanol–water partition coefficient (Wildman–Crippen LogP) is 3.21. The molecule has 5 nitrogen and oxygen atoms in total. The summed E-state index contributed by atoms with van der Waals surface area (Å²) in [6, 6.07) is 10.7. The molecular weight excluding hydrogens is 349 g/mol. The Morgan fingerprint density at radius 3 is 2.92 bits per heavy atom. The number of ether oxygens (including phenoxy) is 2. The van der Waals surface area contributed by atoms with Crippen LogP contribution in [0.4, 0.5) is 10.1 Å². The maximum absolute atomic E-state index is 13.1. The van der Waals surface area contributed by atoms with Crippen LogP contribution in [0.25, 0.3) is 0 Å². The zero-order valence-electron chi connectivity index (χ0n) is 13.1. The topological polar surface area (TPSA) is 64.6 Å². The van der Waals surface area contributed by atoms with Crippen molar-refractivity contribution in [1.29, 1.82) is 0 Å². The van der Waals surface area contributed by atoms with Gasteiger partial charge in [-0.1, -0.05) is 17.7 Å². The molecule has 130 valence electrons. The number of carbonyl (C=O) groups excluding carboxylic acids is 2. The van der Waals surface area contributed by atoms with Crippen molar-refractivity contribution in [3.05, 3.63) is 58.9 Å². The first-order valence-electron chi connectivity index (χ1n) is 7.64. The van der Waals surface area contributed by atoms with Crippen molar-refractivity contribution in [1.82, 2.24) is 0 Å². The minimum Gasteiger partial charge on any atom is -0.492 e. The molecule has 0 radical (unpaired) electrons. The molecule has 25 heavy (non-hydrogen) atoms. The summed E-state index contributed by atoms with van der Waals surface area (Å²) in [7, 11) is 0. The lowest BCUT2D eigenvalue weighted by Gasteiger charge is -2.24. The van der Waals surface area contributed by atoms with Crippen LogP contribution in [0.5, 0.6) is 5.75 Å². The fourth-order valence-corrected chi connectivity index (χ4v) is 2.73. The highest BCUT2D eigenvalue weighted by Gasteiger charge is 2.28. The zero-order valence-corrected chi connectivity index (χ0v) is 13.9. The minimum absolute atomic E-state index is 0.180. The van der Waals surface area contributed by atoms with Gasteiger partial charge in [0.05, 0.1) is 5.92 Å². The summed E-state index contributed by atoms with van der Waals surface area (Å²) in [6.45, 7) is -0.271. The third-order valence-electron chi connectivity index (χ3n) is 3.72. The summed E-state index contributed by atoms with van der Waals surface area (Å²) in [5.41, 5.74) is 1.12. The monoisotopic (exact) mass is 363 g/mol. The third kappa shape index (κ3) is 4.48. The number of benzene rings is 2. The fourth-order valence-electron chi connectivity index (χ4n) is 2.53. The molecule has 0 saturated carbocycles. The van der Waals surface area contributed by atoms with E-state index in [1.54, 1.807) is 24.3 Å². The van der Waals surface area contributed by atoms with Crippen LogP contribution < -0.4 is 10.1 Å². The van der Waals surface area contributed by atoms with Gasteiger partial charge in [0.1, 0.15) is 18.2 Å². The van der Waals surface area contributed by atoms with E-state index < -0.39 is 30.2 Å². The third-order valence-corrected chi connectivity index (χ3v) is 3.95. The van der Waals surface area contributed by atoms with Crippen LogP contribution in [-0.4, -0.2) is 25.1 Å². The summed E-state index contributed by atoms with van der Waals surface area (Å²) >= 11 is 5.94. The van der Waals surface area contributed by atoms with Crippen molar-refractivity contribution in [2.45, 2.75) is 6.42 Å². The molecule has 2 aromatic rings. The van der Waals surface area contributed by atoms with Crippen molar-refractivity contribution in [3.8, 4) is 5.75 Å². The van der Waals surface area contributed by atoms with E-state index in [0.29, 0.717) is 22.9 Å². The highest BCUT2D eigenvalue weighted by Crippen LogP contribution is 2.30. The minimum atomic E-state index is -0.542. The molecule has 0 saturated heterocycles. The summed E-state index contributed by atoms with van der Waals surface area (Å²) in [6.07, 6.45) is 0.431. The zero-order chi connectivity index (χ0) is 17.8. The molecule has 0 aromatic heterocycles. The van der Waals surface area contributed by atoms with Gasteiger partial charge in [-0.2, -0.15) is 0 Å². The molecule has 1 aliphatic heterocycles. The second-order valence-corrected chi connectivity index (χ2v) is 6.07. The van der Waals surface area contributed by atoms with Gasteiger partial charge in [-0.25, -0.2) is 4.39 Å². The Bertz CT molecular complexity index is 811. The average Bonchev–Trinajstić information content (AvgIpc) is 2.59. The van der Waals surface area contributed by atoms with Crippen molar-refractivity contribution < 1.29 is 23.5 Å². The van der Waals surface area contributed by atoms with Crippen LogP contribution in [0.1, 0.15) is 5.56 Å². The Hall–Kier alpha value is -2.60. The highest BCUT2D eigenvalue weighted by atomic mass is 35.5. The lowest BCUT2D eigenvalue weighted by atomic mass is 9.97. The van der Waals surface area contributed by atoms with Gasteiger partial charge in [0.15, 0.2) is 6.61 Å². The van der Waals surface area contributed by atoms with E-state index in [4.69, 9.17) is 21.1 Å². The van der Waals surface area contributed by atoms with Gasteiger partial charge in [0, 0.05) is 10.7 Å². The quantitative estimate of drug-likeness (QED) is 0.847. The molecule has 0 unspecified atom stereocenters. The van der Waals surface area contributed by atoms with E-state index in [1.807, 2.05) is 0 Å². The molecule has 0 aliphatic carbocycles. The van der Waals surface area contributed by atoms with E-state index in [0.717, 1.165) is 5.56 Å². The molecule has 1 amide bonds. The van der Waals surface area contributed by atoms with Crippen molar-refractivity contribution in [2.24, 2.45) is 5.92 Å². The molecule has 2 aromatic carbocycles. The molecule has 1 aliphatic rings. The number of fused-ring (bicyclic) bond motifs is 1. The SMILES string of the molecule is O=C(COC(=O)[C@H]1COc2ccc(Cl)cc2C1)Nc1cccc(F)c1. The summed E-state index contributed by atoms with van der Waals surface area (Å²) in [4.78, 5) is 23.9. The van der Waals surface area contributed by atoms with Crippen LogP contribution >= 0.6 is 11.6 Å². The molecule has 0 bridgehead atoms. The normalized spacial score (nSPS) is 15.7. The lowest BCUT2D eigenvalue weighted by molar-refractivity contribution is -0.152. The molecule has 0 fully saturated rings. The number of hydrogen-bond donors (Lipinski definition) is 1. The number of nitrogens with one attached hydrogen (secondary N) is 1. The van der Waals surface area contributed by atoms with Crippen LogP contribution in [0.2, 0.25) is 5.02 Å². The van der Waals surface area contributed by atoms with Gasteiger partial charge in [-0.05, 0) is 48.4 Å². The number of rotatable bonds is 4. The maximum atomic E-state index is 13.1. The van der Waals surface area contributed by atoms with Gasteiger partial charge in [-0.15, -0.1) is 0 Å². The summed E-state index contributed by atoms with van der Waals surface area (Å²) < 4.78 is 23.6. The predicted molar refractivity (Wildman–Crippen MR) is 90.1 cm³/mol. The van der Waals surface area contributed by atoms with Gasteiger partial charge in [0.25, 0.3) is 5.91 Å². The number of halogens is 2. The van der Waals surface area contributed by atoms with Gasteiger partial charge >= 0.3 is 5.97 Å². The van der Waals surface area contributed by atoms with E-state index in [9.17, 15) is 14.0 Å². The van der Waals surface area contributed by atoms with Crippen molar-refractivity contribution in [2.75, 3.05) is 18.5 Å². The fraction of sp³-hybridized carbons (Fsp3) is 0.222. The van der Waals surface area contributed by atoms with E-state index in [-0.39, 0.29) is 6.61 Å². The van der Waals surface area contributed by atoms with Crippen molar-refractivity contribution in [3.63, 3.8) is 0 Å². The van der Waals surface area contributed by atoms with Gasteiger partial charge in [-0.3, -0.25) is 9.59 Å². The maximum Gasteiger partial charge on any atom is 0.313 e. The second-order valence-electron chi connectivity index (χ2n) is 5.63. The van der Waals surface area contributed by atoms with E-state index in [2.05, 4.69) is 5.32 Å². The molecule has 0 spiro atoms. The van der Waals surface area contributed by atoms with Crippen LogP contribution in [0, 0.1) is 11.7 Å². The first kappa shape index (κ1) is 17.2. The molecule has 1 heterocycles. The second kappa shape index (κ2) is 7.53. The average molecular weight is 364 g/mol. The van der Waals surface area contributed by atoms with Crippen molar-refractivity contribution >= 4 is 29.2 Å². The number of hydrogen-bond acceptors (Lipinski definition) is 4. The number of carbonyl (C=O) groups is 2. The lowest BCUT2D eigenvalue weighted by Crippen LogP contribution is -2.32. The van der Waals surface area contributed by atoms with E-state index in [1.165, 1.54) is 18.2 Å². The molecule has 7 heteroatoms. The van der Waals surface area contributed by atoms with Crippen LogP contribution in [0.15, 0.2) is 42.5 Å². The van der Waals surface area contributed by atoms with Gasteiger partial charge in [0.2, 0.25) is 0 Å². The number of esters is 1. The Morgan fingerprint density at radius 1 is 1.28 bits per heavy atom. The molecule has 1 atom stereocenters. The number of amides is 1. The summed E-state index contributed by atoms with van der Waals surface area (Å²) in [5.74, 6) is -1.35. The Morgan fingerprint density at radius 2 is 2.12 bits per heavy atom. The molecule has 1 N–H and O–H groups in total. The van der Waals surface area contributed by atoms with E-state index >= 15 is 0 Å². The largest absolute Gasteiger partial charge is 0.492 e. The van der Waals surface area contributed by atoms with Crippen LogP contribution in [-0.2, 0) is 20.7 Å². The first-order valence-corrected chi connectivity index (χ1v) is 8.02. The Kier molecular flexibility index (Phi) is 5.19. The first-order chi connectivity index (χ1) is 12.0. The summed E-state index contributed by atoms with van der Waals surface area (Å²) in [5, 5.41) is 3.02. The Balaban J connectivity index is 1.52. The smallest absolute Gasteiger partial charge is 0.313 e. The standard InChI is InChI=1S/C18H15ClFNO4/c19-13-4-5-16-11(7-13)6-12(9-24-16)18(23)25-10-17(22)21-15-3-1-2-14(20)8-15/h1-5,7-8,12H,6,9-10H2,(H,21,22)/t12-/m1/s1. The molecule has 3 rings (SSSR count). The Labute approximate surface area is 148 Å². The van der Waals surface area contributed by atoms with Crippen LogP contribution in [0.3, 0.4) is 0 Å². The number of anilines is 1. The highest BCUT2D eigenvalue weighted by molar-refractivity contribution is 6.30.